The van der Waals surface area contributed by atoms with Gasteiger partial charge in [-0.1, -0.05) is 0 Å². The zero-order chi connectivity index (χ0) is 9.14. The summed E-state index contributed by atoms with van der Waals surface area (Å²) in [5.74, 6) is -0.439. The third kappa shape index (κ3) is 1.76. The Morgan fingerprint density at radius 2 is 2.25 bits per heavy atom. The first kappa shape index (κ1) is 9.06. The van der Waals surface area contributed by atoms with Crippen LogP contribution in [0.25, 0.3) is 0 Å². The first-order chi connectivity index (χ1) is 5.65. The lowest BCUT2D eigenvalue weighted by atomic mass is 10.2. The zero-order valence-electron chi connectivity index (χ0n) is 6.37. The molecule has 0 aliphatic rings. The highest BCUT2D eigenvalue weighted by Gasteiger charge is 2.05. The van der Waals surface area contributed by atoms with E-state index in [1.165, 1.54) is 19.2 Å². The molecule has 1 aromatic rings. The van der Waals surface area contributed by atoms with E-state index in [2.05, 4.69) is 17.4 Å². The molecule has 0 heterocycles. The van der Waals surface area contributed by atoms with Crippen LogP contribution in [0.3, 0.4) is 0 Å². The van der Waals surface area contributed by atoms with E-state index >= 15 is 0 Å². The maximum absolute atomic E-state index is 12.9. The second-order valence-corrected chi connectivity index (χ2v) is 2.56. The van der Waals surface area contributed by atoms with Crippen molar-refractivity contribution < 1.29 is 13.9 Å². The van der Waals surface area contributed by atoms with E-state index in [0.29, 0.717) is 0 Å². The molecule has 0 bridgehead atoms. The minimum Gasteiger partial charge on any atom is -0.494 e. The van der Waals surface area contributed by atoms with Crippen LogP contribution < -0.4 is 4.74 Å². The van der Waals surface area contributed by atoms with E-state index in [1.807, 2.05) is 0 Å². The van der Waals surface area contributed by atoms with Crippen LogP contribution in [0, 0.1) is 5.82 Å². The lowest BCUT2D eigenvalue weighted by Crippen LogP contribution is -1.93. The van der Waals surface area contributed by atoms with Gasteiger partial charge in [-0.25, -0.2) is 4.39 Å². The Morgan fingerprint density at radius 3 is 2.67 bits per heavy atom. The molecule has 64 valence electrons. The highest BCUT2D eigenvalue weighted by atomic mass is 32.1. The highest BCUT2D eigenvalue weighted by Crippen LogP contribution is 2.18. The molecule has 1 rings (SSSR count). The fourth-order valence-electron chi connectivity index (χ4n) is 0.799. The van der Waals surface area contributed by atoms with Gasteiger partial charge in [-0.05, 0) is 18.2 Å². The van der Waals surface area contributed by atoms with Gasteiger partial charge in [0.15, 0.2) is 11.6 Å². The van der Waals surface area contributed by atoms with Crippen molar-refractivity contribution in [1.29, 1.82) is 0 Å². The van der Waals surface area contributed by atoms with E-state index in [4.69, 9.17) is 0 Å². The summed E-state index contributed by atoms with van der Waals surface area (Å²) >= 11 is 3.55. The van der Waals surface area contributed by atoms with Crippen LogP contribution in [0.1, 0.15) is 10.4 Å². The predicted molar refractivity (Wildman–Crippen MR) is 46.3 cm³/mol. The zero-order valence-corrected chi connectivity index (χ0v) is 7.27. The summed E-state index contributed by atoms with van der Waals surface area (Å²) in [5, 5.41) is -0.462. The third-order valence-corrected chi connectivity index (χ3v) is 1.66. The highest BCUT2D eigenvalue weighted by molar-refractivity contribution is 7.97. The number of rotatable bonds is 2. The summed E-state index contributed by atoms with van der Waals surface area (Å²) in [6.07, 6.45) is 0. The average Bonchev–Trinajstić information content (AvgIpc) is 2.04. The topological polar surface area (TPSA) is 26.3 Å². The van der Waals surface area contributed by atoms with Gasteiger partial charge in [0.25, 0.3) is 0 Å². The number of carbonyl (C=O) groups excluding carboxylic acids is 1. The first-order valence-electron chi connectivity index (χ1n) is 3.22. The molecule has 4 heteroatoms. The van der Waals surface area contributed by atoms with Gasteiger partial charge in [-0.15, -0.1) is 12.6 Å². The Bertz CT molecular complexity index is 312. The van der Waals surface area contributed by atoms with Gasteiger partial charge in [-0.2, -0.15) is 0 Å². The van der Waals surface area contributed by atoms with Crippen molar-refractivity contribution in [2.45, 2.75) is 0 Å². The quantitative estimate of drug-likeness (QED) is 0.714. The number of ether oxygens (including phenoxy) is 1. The summed E-state index contributed by atoms with van der Waals surface area (Å²) in [6, 6.07) is 3.93. The Morgan fingerprint density at radius 1 is 1.58 bits per heavy atom. The number of thiol groups is 1. The van der Waals surface area contributed by atoms with E-state index < -0.39 is 10.9 Å². The molecule has 2 nitrogen and oxygen atoms in total. The van der Waals surface area contributed by atoms with Gasteiger partial charge >= 0.3 is 0 Å². The van der Waals surface area contributed by atoms with E-state index in [0.717, 1.165) is 6.07 Å². The van der Waals surface area contributed by atoms with Crippen LogP contribution in [0.4, 0.5) is 4.39 Å². The average molecular weight is 186 g/mol. The van der Waals surface area contributed by atoms with Crippen LogP contribution in [-0.4, -0.2) is 12.2 Å². The Labute approximate surface area is 74.8 Å². The molecule has 0 saturated carbocycles. The monoisotopic (exact) mass is 186 g/mol. The second kappa shape index (κ2) is 3.58. The maximum atomic E-state index is 12.9. The van der Waals surface area contributed by atoms with Gasteiger partial charge in [0.05, 0.1) is 7.11 Å². The van der Waals surface area contributed by atoms with Crippen LogP contribution >= 0.6 is 12.6 Å². The SMILES string of the molecule is COc1ccc(C(=O)S)cc1F. The number of benzene rings is 1. The standard InChI is InChI=1S/C8H7FO2S/c1-11-7-3-2-5(8(10)12)4-6(7)9/h2-4H,1H3,(H,10,12). The minimum absolute atomic E-state index is 0.119. The fourth-order valence-corrected chi connectivity index (χ4v) is 0.938. The number of hydrogen-bond acceptors (Lipinski definition) is 2. The third-order valence-electron chi connectivity index (χ3n) is 1.40. The van der Waals surface area contributed by atoms with Crippen molar-refractivity contribution >= 4 is 17.7 Å². The van der Waals surface area contributed by atoms with Crippen molar-refractivity contribution in [1.82, 2.24) is 0 Å². The molecule has 0 saturated heterocycles. The van der Waals surface area contributed by atoms with E-state index in [9.17, 15) is 9.18 Å². The molecule has 0 aromatic heterocycles. The molecule has 0 aliphatic carbocycles. The van der Waals surface area contributed by atoms with E-state index in [1.54, 1.807) is 0 Å². The first-order valence-corrected chi connectivity index (χ1v) is 3.66. The van der Waals surface area contributed by atoms with Gasteiger partial charge in [0.2, 0.25) is 5.12 Å². The molecule has 0 N–H and O–H groups in total. The molecule has 0 unspecified atom stereocenters. The summed E-state index contributed by atoms with van der Waals surface area (Å²) in [7, 11) is 1.36. The van der Waals surface area contributed by atoms with Crippen molar-refractivity contribution in [3.05, 3.63) is 29.6 Å². The Balaban J connectivity index is 3.10. The second-order valence-electron chi connectivity index (χ2n) is 2.15. The molecule has 0 amide bonds. The normalized spacial score (nSPS) is 9.58. The molecule has 0 atom stereocenters. The van der Waals surface area contributed by atoms with Gasteiger partial charge < -0.3 is 4.74 Å². The molecular weight excluding hydrogens is 179 g/mol. The number of halogens is 1. The largest absolute Gasteiger partial charge is 0.494 e. The lowest BCUT2D eigenvalue weighted by molar-refractivity contribution is 0.109. The van der Waals surface area contributed by atoms with Gasteiger partial charge in [0, 0.05) is 5.56 Å². The summed E-state index contributed by atoms with van der Waals surface area (Å²) in [5.41, 5.74) is 0.219. The molecule has 0 fully saturated rings. The molecule has 0 aliphatic heterocycles. The number of carbonyl (C=O) groups is 1. The minimum atomic E-state index is -0.558. The fraction of sp³-hybridized carbons (Fsp3) is 0.125. The van der Waals surface area contributed by atoms with Crippen LogP contribution in [0.2, 0.25) is 0 Å². The van der Waals surface area contributed by atoms with Crippen LogP contribution in [-0.2, 0) is 0 Å². The number of hydrogen-bond donors (Lipinski definition) is 1. The maximum Gasteiger partial charge on any atom is 0.216 e. The van der Waals surface area contributed by atoms with Crippen molar-refractivity contribution in [3.8, 4) is 5.75 Å². The lowest BCUT2D eigenvalue weighted by Gasteiger charge is -2.01. The van der Waals surface area contributed by atoms with E-state index in [-0.39, 0.29) is 11.3 Å². The van der Waals surface area contributed by atoms with Crippen molar-refractivity contribution in [2.24, 2.45) is 0 Å². The molecule has 1 aromatic carbocycles. The predicted octanol–water partition coefficient (Wildman–Crippen LogP) is 1.90. The Kier molecular flexibility index (Phi) is 2.70. The summed E-state index contributed by atoms with van der Waals surface area (Å²) in [6.45, 7) is 0. The van der Waals surface area contributed by atoms with Crippen molar-refractivity contribution in [2.75, 3.05) is 7.11 Å². The van der Waals surface area contributed by atoms with Crippen LogP contribution in [0.5, 0.6) is 5.75 Å². The molecule has 0 radical (unpaired) electrons. The summed E-state index contributed by atoms with van der Waals surface area (Å²) in [4.78, 5) is 10.7. The molecule has 0 spiro atoms. The van der Waals surface area contributed by atoms with Crippen LogP contribution in [0.15, 0.2) is 18.2 Å². The molecule has 12 heavy (non-hydrogen) atoms. The smallest absolute Gasteiger partial charge is 0.216 e. The van der Waals surface area contributed by atoms with Crippen molar-refractivity contribution in [3.63, 3.8) is 0 Å². The molecular formula is C8H7FO2S. The van der Waals surface area contributed by atoms with Gasteiger partial charge in [-0.3, -0.25) is 4.79 Å². The number of methoxy groups -OCH3 is 1. The Hall–Kier alpha value is -1.03. The summed E-state index contributed by atoms with van der Waals surface area (Å²) < 4.78 is 17.6. The van der Waals surface area contributed by atoms with Gasteiger partial charge in [0.1, 0.15) is 0 Å².